The van der Waals surface area contributed by atoms with Gasteiger partial charge in [-0.15, -0.1) is 0 Å². The van der Waals surface area contributed by atoms with E-state index in [4.69, 9.17) is 23.7 Å². The molecule has 7 nitrogen and oxygen atoms in total. The highest BCUT2D eigenvalue weighted by Gasteiger charge is 2.47. The molecule has 0 aliphatic carbocycles. The van der Waals surface area contributed by atoms with Crippen LogP contribution in [0.3, 0.4) is 0 Å². The van der Waals surface area contributed by atoms with Crippen LogP contribution in [0.15, 0.2) is 48.5 Å². The lowest BCUT2D eigenvalue weighted by atomic mass is 9.89. The van der Waals surface area contributed by atoms with E-state index in [-0.39, 0.29) is 17.8 Å². The van der Waals surface area contributed by atoms with Crippen LogP contribution in [0.2, 0.25) is 0 Å². The molecule has 1 aliphatic rings. The predicted molar refractivity (Wildman–Crippen MR) is 135 cm³/mol. The molecule has 37 heavy (non-hydrogen) atoms. The first kappa shape index (κ1) is 28.6. The van der Waals surface area contributed by atoms with Crippen LogP contribution in [0, 0.1) is 11.7 Å². The van der Waals surface area contributed by atoms with Crippen molar-refractivity contribution < 1.29 is 37.7 Å². The van der Waals surface area contributed by atoms with Crippen molar-refractivity contribution in [3.05, 3.63) is 65.5 Å². The number of halogens is 1. The molecule has 1 aliphatic heterocycles. The Bertz CT molecular complexity index is 992. The molecule has 0 spiro atoms. The number of carbonyl (C=O) groups excluding carboxylic acids is 2. The second kappa shape index (κ2) is 14.1. The van der Waals surface area contributed by atoms with E-state index in [9.17, 15) is 14.0 Å². The van der Waals surface area contributed by atoms with Crippen LogP contribution in [-0.4, -0.2) is 43.1 Å². The zero-order chi connectivity index (χ0) is 26.8. The standard InChI is InChI=1S/C29H37FO7/c1-5-26-19(2)27(35-20(3)31)28(36-21(4)32)29(37-26)33-17-7-6-8-22-11-15-25(16-12-22)34-18-23-9-13-24(30)14-10-23/h9-16,19,26-29H,5-8,17-18H2,1-4H3. The van der Waals surface area contributed by atoms with Gasteiger partial charge in [0.1, 0.15) is 24.3 Å². The van der Waals surface area contributed by atoms with Gasteiger partial charge in [-0.3, -0.25) is 9.59 Å². The minimum atomic E-state index is -0.818. The fraction of sp³-hybridized carbons (Fsp3) is 0.517. The van der Waals surface area contributed by atoms with E-state index >= 15 is 0 Å². The number of ether oxygens (including phenoxy) is 5. The molecule has 202 valence electrons. The molecule has 2 aromatic carbocycles. The van der Waals surface area contributed by atoms with Crippen molar-refractivity contribution >= 4 is 11.9 Å². The maximum atomic E-state index is 13.0. The minimum absolute atomic E-state index is 0.138. The molecule has 0 aromatic heterocycles. The molecule has 2 aromatic rings. The molecule has 0 saturated carbocycles. The highest BCUT2D eigenvalue weighted by molar-refractivity contribution is 5.67. The average Bonchev–Trinajstić information content (AvgIpc) is 2.87. The number of unbranched alkanes of at least 4 members (excludes halogenated alkanes) is 1. The van der Waals surface area contributed by atoms with E-state index in [1.54, 1.807) is 12.1 Å². The molecule has 1 fully saturated rings. The van der Waals surface area contributed by atoms with Crippen LogP contribution in [0.1, 0.15) is 58.1 Å². The maximum absolute atomic E-state index is 13.0. The molecule has 0 radical (unpaired) electrons. The molecule has 5 atom stereocenters. The zero-order valence-electron chi connectivity index (χ0n) is 22.0. The summed E-state index contributed by atoms with van der Waals surface area (Å²) in [4.78, 5) is 23.4. The minimum Gasteiger partial charge on any atom is -0.489 e. The van der Waals surface area contributed by atoms with E-state index in [0.717, 1.165) is 37.0 Å². The first-order valence-corrected chi connectivity index (χ1v) is 12.8. The van der Waals surface area contributed by atoms with E-state index < -0.39 is 30.4 Å². The van der Waals surface area contributed by atoms with Crippen molar-refractivity contribution in [1.82, 2.24) is 0 Å². The Kier molecular flexibility index (Phi) is 10.9. The van der Waals surface area contributed by atoms with Crippen molar-refractivity contribution in [3.8, 4) is 5.75 Å². The van der Waals surface area contributed by atoms with Crippen LogP contribution < -0.4 is 4.74 Å². The molecule has 0 bridgehead atoms. The average molecular weight is 517 g/mol. The van der Waals surface area contributed by atoms with Crippen molar-refractivity contribution in [2.24, 2.45) is 5.92 Å². The molecule has 1 heterocycles. The van der Waals surface area contributed by atoms with Gasteiger partial charge in [-0.1, -0.05) is 38.1 Å². The quantitative estimate of drug-likeness (QED) is 0.277. The molecule has 1 saturated heterocycles. The lowest BCUT2D eigenvalue weighted by Crippen LogP contribution is -2.57. The fourth-order valence-electron chi connectivity index (χ4n) is 4.45. The van der Waals surface area contributed by atoms with Crippen LogP contribution in [0.4, 0.5) is 4.39 Å². The summed E-state index contributed by atoms with van der Waals surface area (Å²) in [5, 5.41) is 0. The van der Waals surface area contributed by atoms with Gasteiger partial charge < -0.3 is 23.7 Å². The summed E-state index contributed by atoms with van der Waals surface area (Å²) in [6.07, 6.45) is 0.828. The zero-order valence-corrected chi connectivity index (χ0v) is 22.0. The van der Waals surface area contributed by atoms with E-state index in [1.165, 1.54) is 31.5 Å². The largest absolute Gasteiger partial charge is 0.489 e. The number of esters is 2. The molecular weight excluding hydrogens is 479 g/mol. The Labute approximate surface area is 218 Å². The second-order valence-corrected chi connectivity index (χ2v) is 9.35. The number of hydrogen-bond donors (Lipinski definition) is 0. The smallest absolute Gasteiger partial charge is 0.303 e. The first-order chi connectivity index (χ1) is 17.8. The molecular formula is C29H37FO7. The van der Waals surface area contributed by atoms with Crippen molar-refractivity contribution in [2.45, 2.75) is 84.6 Å². The van der Waals surface area contributed by atoms with Gasteiger partial charge in [0.2, 0.25) is 0 Å². The number of rotatable bonds is 12. The molecule has 0 N–H and O–H groups in total. The van der Waals surface area contributed by atoms with Crippen LogP contribution in [-0.2, 0) is 41.6 Å². The second-order valence-electron chi connectivity index (χ2n) is 9.35. The number of carbonyl (C=O) groups is 2. The first-order valence-electron chi connectivity index (χ1n) is 12.8. The number of aryl methyl sites for hydroxylation is 1. The number of benzene rings is 2. The van der Waals surface area contributed by atoms with Crippen LogP contribution in [0.5, 0.6) is 5.75 Å². The predicted octanol–water partition coefficient (Wildman–Crippen LogP) is 5.38. The van der Waals surface area contributed by atoms with Crippen LogP contribution >= 0.6 is 0 Å². The Balaban J connectivity index is 1.45. The van der Waals surface area contributed by atoms with E-state index in [1.807, 2.05) is 38.1 Å². The van der Waals surface area contributed by atoms with Gasteiger partial charge in [0.05, 0.1) is 6.10 Å². The van der Waals surface area contributed by atoms with Gasteiger partial charge in [-0.05, 0) is 61.1 Å². The SMILES string of the molecule is CCC1OC(OCCCCc2ccc(OCc3ccc(F)cc3)cc2)C(OC(C)=O)C(OC(C)=O)C1C. The summed E-state index contributed by atoms with van der Waals surface area (Å²) >= 11 is 0. The highest BCUT2D eigenvalue weighted by atomic mass is 19.1. The molecule has 5 unspecified atom stereocenters. The molecule has 8 heteroatoms. The summed E-state index contributed by atoms with van der Waals surface area (Å²) in [7, 11) is 0. The molecule has 3 rings (SSSR count). The lowest BCUT2D eigenvalue weighted by molar-refractivity contribution is -0.290. The van der Waals surface area contributed by atoms with Gasteiger partial charge in [-0.25, -0.2) is 4.39 Å². The third-order valence-corrected chi connectivity index (χ3v) is 6.40. The van der Waals surface area contributed by atoms with Gasteiger partial charge in [0.15, 0.2) is 12.4 Å². The summed E-state index contributed by atoms with van der Waals surface area (Å²) in [5.74, 6) is -0.562. The van der Waals surface area contributed by atoms with E-state index in [0.29, 0.717) is 13.2 Å². The maximum Gasteiger partial charge on any atom is 0.303 e. The van der Waals surface area contributed by atoms with Crippen molar-refractivity contribution in [3.63, 3.8) is 0 Å². The van der Waals surface area contributed by atoms with Crippen molar-refractivity contribution in [1.29, 1.82) is 0 Å². The van der Waals surface area contributed by atoms with Crippen LogP contribution in [0.25, 0.3) is 0 Å². The highest BCUT2D eigenvalue weighted by Crippen LogP contribution is 2.32. The van der Waals surface area contributed by atoms with Gasteiger partial charge in [0, 0.05) is 26.4 Å². The number of hydrogen-bond acceptors (Lipinski definition) is 7. The van der Waals surface area contributed by atoms with E-state index in [2.05, 4.69) is 0 Å². The topological polar surface area (TPSA) is 80.3 Å². The Morgan fingerprint density at radius 2 is 1.51 bits per heavy atom. The van der Waals surface area contributed by atoms with Gasteiger partial charge in [-0.2, -0.15) is 0 Å². The normalized spacial score (nSPS) is 23.3. The fourth-order valence-corrected chi connectivity index (χ4v) is 4.45. The third-order valence-electron chi connectivity index (χ3n) is 6.40. The van der Waals surface area contributed by atoms with Crippen molar-refractivity contribution in [2.75, 3.05) is 6.61 Å². The summed E-state index contributed by atoms with van der Waals surface area (Å²) in [6, 6.07) is 14.2. The summed E-state index contributed by atoms with van der Waals surface area (Å²) in [5.41, 5.74) is 2.08. The third kappa shape index (κ3) is 8.83. The summed E-state index contributed by atoms with van der Waals surface area (Å²) in [6.45, 7) is 7.37. The monoisotopic (exact) mass is 516 g/mol. The summed E-state index contributed by atoms with van der Waals surface area (Å²) < 4.78 is 41.9. The Morgan fingerprint density at radius 1 is 0.892 bits per heavy atom. The lowest BCUT2D eigenvalue weighted by Gasteiger charge is -2.43. The van der Waals surface area contributed by atoms with Gasteiger partial charge >= 0.3 is 11.9 Å². The Hall–Kier alpha value is -2.97. The van der Waals surface area contributed by atoms with Gasteiger partial charge in [0.25, 0.3) is 0 Å². The molecule has 0 amide bonds. The Morgan fingerprint density at radius 3 is 2.14 bits per heavy atom.